The molecule has 0 fully saturated rings. The number of hydrogen-bond donors (Lipinski definition) is 3. The first-order chi connectivity index (χ1) is 7.16. The predicted octanol–water partition coefficient (Wildman–Crippen LogP) is 0.236. The van der Waals surface area contributed by atoms with Gasteiger partial charge in [0, 0.05) is 36.8 Å². The van der Waals surface area contributed by atoms with Gasteiger partial charge in [0.15, 0.2) is 0 Å². The lowest BCUT2D eigenvalue weighted by Gasteiger charge is -2.20. The number of anilines is 1. The van der Waals surface area contributed by atoms with Crippen LogP contribution in [-0.4, -0.2) is 22.6 Å². The first kappa shape index (κ1) is 10.2. The molecule has 5 nitrogen and oxygen atoms in total. The molecule has 0 radical (unpaired) electrons. The zero-order chi connectivity index (χ0) is 10.8. The molecule has 1 aromatic heterocycles. The Bertz CT molecular complexity index is 410. The molecule has 1 aliphatic rings. The Kier molecular flexibility index (Phi) is 2.73. The summed E-state index contributed by atoms with van der Waals surface area (Å²) in [7, 11) is 0. The number of aromatic amines is 1. The van der Waals surface area contributed by atoms with Crippen LogP contribution in [0, 0.1) is 0 Å². The number of H-pyrrole nitrogens is 1. The molecule has 0 unspecified atom stereocenters. The molecule has 2 heterocycles. The van der Waals surface area contributed by atoms with Gasteiger partial charge in [0.1, 0.15) is 5.82 Å². The average Bonchev–Trinajstić information content (AvgIpc) is 2.16. The van der Waals surface area contributed by atoms with Crippen molar-refractivity contribution in [2.45, 2.75) is 32.9 Å². The molecular formula is C10H16N4O. The summed E-state index contributed by atoms with van der Waals surface area (Å²) in [5.41, 5.74) is 1.84. The second-order valence-corrected chi connectivity index (χ2v) is 4.07. The predicted molar refractivity (Wildman–Crippen MR) is 59.0 cm³/mol. The first-order valence-corrected chi connectivity index (χ1v) is 5.26. The standard InChI is InChI=1S/C10H16N4O/c1-6(2)12-9-7-5-11-4-3-8(7)13-10(15)14-9/h6,11H,3-5H2,1-2H3,(H2,12,13,14,15). The highest BCUT2D eigenvalue weighted by Crippen LogP contribution is 2.17. The zero-order valence-corrected chi connectivity index (χ0v) is 9.05. The van der Waals surface area contributed by atoms with Gasteiger partial charge < -0.3 is 15.6 Å². The summed E-state index contributed by atoms with van der Waals surface area (Å²) in [5, 5.41) is 6.47. The van der Waals surface area contributed by atoms with Gasteiger partial charge in [-0.25, -0.2) is 4.79 Å². The Morgan fingerprint density at radius 1 is 1.47 bits per heavy atom. The van der Waals surface area contributed by atoms with Crippen molar-refractivity contribution < 1.29 is 0 Å². The van der Waals surface area contributed by atoms with Crippen LogP contribution in [-0.2, 0) is 13.0 Å². The van der Waals surface area contributed by atoms with Crippen molar-refractivity contribution in [3.05, 3.63) is 21.7 Å². The SMILES string of the molecule is CC(C)Nc1nc(=O)[nH]c2c1CNCC2. The van der Waals surface area contributed by atoms with Gasteiger partial charge in [0.25, 0.3) is 0 Å². The van der Waals surface area contributed by atoms with E-state index in [2.05, 4.69) is 20.6 Å². The van der Waals surface area contributed by atoms with E-state index in [1.807, 2.05) is 13.8 Å². The molecule has 1 aromatic rings. The fourth-order valence-corrected chi connectivity index (χ4v) is 1.77. The maximum Gasteiger partial charge on any atom is 0.347 e. The van der Waals surface area contributed by atoms with Gasteiger partial charge >= 0.3 is 5.69 Å². The number of nitrogens with zero attached hydrogens (tertiary/aromatic N) is 1. The van der Waals surface area contributed by atoms with Gasteiger partial charge in [-0.1, -0.05) is 0 Å². The van der Waals surface area contributed by atoms with E-state index in [9.17, 15) is 4.79 Å². The van der Waals surface area contributed by atoms with Gasteiger partial charge in [0.05, 0.1) is 0 Å². The fourth-order valence-electron chi connectivity index (χ4n) is 1.77. The van der Waals surface area contributed by atoms with Crippen LogP contribution in [0.1, 0.15) is 25.1 Å². The zero-order valence-electron chi connectivity index (χ0n) is 9.05. The van der Waals surface area contributed by atoms with E-state index in [0.717, 1.165) is 36.6 Å². The van der Waals surface area contributed by atoms with Gasteiger partial charge in [-0.05, 0) is 13.8 Å². The lowest BCUT2D eigenvalue weighted by atomic mass is 10.1. The van der Waals surface area contributed by atoms with Gasteiger partial charge in [-0.3, -0.25) is 0 Å². The fraction of sp³-hybridized carbons (Fsp3) is 0.600. The van der Waals surface area contributed by atoms with Crippen LogP contribution < -0.4 is 16.3 Å². The summed E-state index contributed by atoms with van der Waals surface area (Å²) in [6, 6.07) is 0.283. The van der Waals surface area contributed by atoms with E-state index in [0.29, 0.717) is 0 Å². The molecule has 0 aromatic carbocycles. The second-order valence-electron chi connectivity index (χ2n) is 4.07. The topological polar surface area (TPSA) is 69.8 Å². The smallest absolute Gasteiger partial charge is 0.347 e. The van der Waals surface area contributed by atoms with Gasteiger partial charge in [-0.2, -0.15) is 4.98 Å². The van der Waals surface area contributed by atoms with Crippen LogP contribution in [0.15, 0.2) is 4.79 Å². The number of fused-ring (bicyclic) bond motifs is 1. The maximum absolute atomic E-state index is 11.3. The molecule has 1 aliphatic heterocycles. The van der Waals surface area contributed by atoms with Crippen molar-refractivity contribution in [1.29, 1.82) is 0 Å². The van der Waals surface area contributed by atoms with Crippen LogP contribution >= 0.6 is 0 Å². The minimum Gasteiger partial charge on any atom is -0.367 e. The van der Waals surface area contributed by atoms with E-state index in [-0.39, 0.29) is 11.7 Å². The van der Waals surface area contributed by atoms with Gasteiger partial charge in [-0.15, -0.1) is 0 Å². The first-order valence-electron chi connectivity index (χ1n) is 5.26. The quantitative estimate of drug-likeness (QED) is 0.651. The van der Waals surface area contributed by atoms with Crippen molar-refractivity contribution in [2.24, 2.45) is 0 Å². The summed E-state index contributed by atoms with van der Waals surface area (Å²) >= 11 is 0. The molecule has 0 saturated heterocycles. The molecule has 2 rings (SSSR count). The van der Waals surface area contributed by atoms with Crippen molar-refractivity contribution in [3.63, 3.8) is 0 Å². The summed E-state index contributed by atoms with van der Waals surface area (Å²) in [4.78, 5) is 18.1. The Morgan fingerprint density at radius 2 is 2.27 bits per heavy atom. The number of nitrogens with one attached hydrogen (secondary N) is 3. The van der Waals surface area contributed by atoms with Crippen molar-refractivity contribution in [3.8, 4) is 0 Å². The minimum absolute atomic E-state index is 0.265. The lowest BCUT2D eigenvalue weighted by Crippen LogP contribution is -2.30. The highest BCUT2D eigenvalue weighted by Gasteiger charge is 2.15. The molecule has 0 atom stereocenters. The van der Waals surface area contributed by atoms with Crippen molar-refractivity contribution in [2.75, 3.05) is 11.9 Å². The van der Waals surface area contributed by atoms with Crippen LogP contribution in [0.3, 0.4) is 0 Å². The van der Waals surface area contributed by atoms with Gasteiger partial charge in [0.2, 0.25) is 0 Å². The monoisotopic (exact) mass is 208 g/mol. The number of hydrogen-bond acceptors (Lipinski definition) is 4. The van der Waals surface area contributed by atoms with Crippen LogP contribution in [0.4, 0.5) is 5.82 Å². The lowest BCUT2D eigenvalue weighted by molar-refractivity contribution is 0.622. The second kappa shape index (κ2) is 4.02. The third-order valence-corrected chi connectivity index (χ3v) is 2.40. The van der Waals surface area contributed by atoms with E-state index >= 15 is 0 Å². The van der Waals surface area contributed by atoms with Crippen molar-refractivity contribution >= 4 is 5.82 Å². The summed E-state index contributed by atoms with van der Waals surface area (Å²) in [5.74, 6) is 0.718. The third-order valence-electron chi connectivity index (χ3n) is 2.40. The Labute approximate surface area is 88.3 Å². The Hall–Kier alpha value is -1.36. The molecule has 82 valence electrons. The van der Waals surface area contributed by atoms with Crippen molar-refractivity contribution in [1.82, 2.24) is 15.3 Å². The Morgan fingerprint density at radius 3 is 3.00 bits per heavy atom. The Balaban J connectivity index is 2.43. The maximum atomic E-state index is 11.3. The molecule has 15 heavy (non-hydrogen) atoms. The largest absolute Gasteiger partial charge is 0.367 e. The average molecular weight is 208 g/mol. The third kappa shape index (κ3) is 2.18. The molecule has 0 saturated carbocycles. The molecular weight excluding hydrogens is 192 g/mol. The van der Waals surface area contributed by atoms with E-state index in [1.165, 1.54) is 0 Å². The normalized spacial score (nSPS) is 15.1. The highest BCUT2D eigenvalue weighted by atomic mass is 16.1. The van der Waals surface area contributed by atoms with Crippen LogP contribution in [0.5, 0.6) is 0 Å². The molecule has 0 amide bonds. The summed E-state index contributed by atoms with van der Waals surface area (Å²) in [6.45, 7) is 5.75. The van der Waals surface area contributed by atoms with Crippen LogP contribution in [0.2, 0.25) is 0 Å². The number of aromatic nitrogens is 2. The number of rotatable bonds is 2. The molecule has 0 bridgehead atoms. The van der Waals surface area contributed by atoms with E-state index in [1.54, 1.807) is 0 Å². The highest BCUT2D eigenvalue weighted by molar-refractivity contribution is 5.47. The summed E-state index contributed by atoms with van der Waals surface area (Å²) < 4.78 is 0. The summed E-state index contributed by atoms with van der Waals surface area (Å²) in [6.07, 6.45) is 0.861. The van der Waals surface area contributed by atoms with Crippen LogP contribution in [0.25, 0.3) is 0 Å². The molecule has 0 spiro atoms. The van der Waals surface area contributed by atoms with E-state index < -0.39 is 0 Å². The van der Waals surface area contributed by atoms with E-state index in [4.69, 9.17) is 0 Å². The molecule has 0 aliphatic carbocycles. The molecule has 3 N–H and O–H groups in total. The molecule has 5 heteroatoms. The minimum atomic E-state index is -0.265.